The number of hydrogen-bond acceptors (Lipinski definition) is 5. The number of hydrogen-bond donors (Lipinski definition) is 1. The van der Waals surface area contributed by atoms with Crippen LogP contribution in [0.5, 0.6) is 5.75 Å². The zero-order valence-corrected chi connectivity index (χ0v) is 17.3. The second kappa shape index (κ2) is 7.81. The van der Waals surface area contributed by atoms with Crippen LogP contribution in [0.4, 0.5) is 5.69 Å². The molecule has 158 valence electrons. The molecule has 1 N–H and O–H groups in total. The van der Waals surface area contributed by atoms with Crippen molar-refractivity contribution in [3.63, 3.8) is 0 Å². The molecular formula is C26H20N2O4. The van der Waals surface area contributed by atoms with Gasteiger partial charge < -0.3 is 14.9 Å². The van der Waals surface area contributed by atoms with Gasteiger partial charge in [0.05, 0.1) is 12.8 Å². The Labute approximate surface area is 185 Å². The Kier molecular flexibility index (Phi) is 4.82. The SMILES string of the molecule is COc1cccc(C(=O)C2C(C=Cc3ccccc3)=NOC23C(=O)Nc2ccccc23)c1. The van der Waals surface area contributed by atoms with E-state index < -0.39 is 17.4 Å². The summed E-state index contributed by atoms with van der Waals surface area (Å²) in [7, 11) is 1.54. The number of ether oxygens (including phenoxy) is 1. The number of nitrogens with one attached hydrogen (secondary N) is 1. The van der Waals surface area contributed by atoms with Crippen LogP contribution in [-0.2, 0) is 15.2 Å². The number of rotatable bonds is 5. The minimum Gasteiger partial charge on any atom is -0.497 e. The quantitative estimate of drug-likeness (QED) is 0.615. The Hall–Kier alpha value is -4.19. The van der Waals surface area contributed by atoms with Crippen molar-refractivity contribution in [2.45, 2.75) is 5.60 Å². The Morgan fingerprint density at radius 2 is 1.81 bits per heavy atom. The molecule has 0 aliphatic carbocycles. The van der Waals surface area contributed by atoms with Gasteiger partial charge in [0.2, 0.25) is 0 Å². The number of oxime groups is 1. The van der Waals surface area contributed by atoms with Crippen molar-refractivity contribution in [3.8, 4) is 5.75 Å². The molecule has 3 aromatic rings. The van der Waals surface area contributed by atoms with E-state index in [1.807, 2.05) is 48.5 Å². The van der Waals surface area contributed by atoms with Gasteiger partial charge in [-0.3, -0.25) is 9.59 Å². The van der Waals surface area contributed by atoms with Crippen molar-refractivity contribution in [2.24, 2.45) is 11.1 Å². The molecule has 0 saturated heterocycles. The number of nitrogens with zero attached hydrogens (tertiary/aromatic N) is 1. The number of carbonyl (C=O) groups excluding carboxylic acids is 2. The second-order valence-electron chi connectivity index (χ2n) is 7.62. The molecule has 3 aromatic carbocycles. The van der Waals surface area contributed by atoms with E-state index in [1.165, 1.54) is 0 Å². The molecule has 5 rings (SSSR count). The first-order chi connectivity index (χ1) is 15.6. The fourth-order valence-electron chi connectivity index (χ4n) is 4.20. The summed E-state index contributed by atoms with van der Waals surface area (Å²) in [6, 6.07) is 23.7. The monoisotopic (exact) mass is 424 g/mol. The molecule has 0 fully saturated rings. The van der Waals surface area contributed by atoms with Crippen molar-refractivity contribution in [1.29, 1.82) is 0 Å². The second-order valence-corrected chi connectivity index (χ2v) is 7.62. The lowest BCUT2D eigenvalue weighted by atomic mass is 9.75. The van der Waals surface area contributed by atoms with Gasteiger partial charge in [0.25, 0.3) is 11.5 Å². The molecule has 6 nitrogen and oxygen atoms in total. The average Bonchev–Trinajstić information content (AvgIpc) is 3.36. The minimum absolute atomic E-state index is 0.273. The molecule has 2 aliphatic rings. The summed E-state index contributed by atoms with van der Waals surface area (Å²) in [5.41, 5.74) is 1.39. The number of anilines is 1. The summed E-state index contributed by atoms with van der Waals surface area (Å²) in [6.07, 6.45) is 3.59. The summed E-state index contributed by atoms with van der Waals surface area (Å²) in [5, 5.41) is 7.07. The largest absolute Gasteiger partial charge is 0.497 e. The highest BCUT2D eigenvalue weighted by Gasteiger charge is 2.62. The van der Waals surface area contributed by atoms with E-state index in [4.69, 9.17) is 9.57 Å². The van der Waals surface area contributed by atoms with Crippen LogP contribution >= 0.6 is 0 Å². The smallest absolute Gasteiger partial charge is 0.277 e. The summed E-state index contributed by atoms with van der Waals surface area (Å²) in [6.45, 7) is 0. The first kappa shape index (κ1) is 19.8. The standard InChI is InChI=1S/C26H20N2O4/c1-31-19-11-7-10-18(16-19)24(29)23-22(15-14-17-8-3-2-4-9-17)28-32-26(23)20-12-5-6-13-21(20)27-25(26)30/h2-16,23H,1H3,(H,27,30). The topological polar surface area (TPSA) is 77.0 Å². The Morgan fingerprint density at radius 3 is 2.62 bits per heavy atom. The third-order valence-electron chi connectivity index (χ3n) is 5.77. The molecule has 2 atom stereocenters. The lowest BCUT2D eigenvalue weighted by Gasteiger charge is -2.26. The van der Waals surface area contributed by atoms with Gasteiger partial charge in [-0.05, 0) is 29.8 Å². The molecule has 2 unspecified atom stereocenters. The van der Waals surface area contributed by atoms with E-state index in [2.05, 4.69) is 10.5 Å². The highest BCUT2D eigenvalue weighted by molar-refractivity contribution is 6.24. The summed E-state index contributed by atoms with van der Waals surface area (Å²) < 4.78 is 5.29. The van der Waals surface area contributed by atoms with E-state index in [1.54, 1.807) is 49.6 Å². The van der Waals surface area contributed by atoms with Crippen LogP contribution in [0, 0.1) is 5.92 Å². The molecule has 2 heterocycles. The average molecular weight is 424 g/mol. The van der Waals surface area contributed by atoms with Gasteiger partial charge in [0, 0.05) is 16.8 Å². The van der Waals surface area contributed by atoms with Crippen LogP contribution in [-0.4, -0.2) is 24.5 Å². The van der Waals surface area contributed by atoms with Crippen LogP contribution in [0.1, 0.15) is 21.5 Å². The minimum atomic E-state index is -1.56. The van der Waals surface area contributed by atoms with E-state index in [0.717, 1.165) is 5.56 Å². The van der Waals surface area contributed by atoms with Crippen molar-refractivity contribution in [1.82, 2.24) is 0 Å². The van der Waals surface area contributed by atoms with Gasteiger partial charge in [-0.1, -0.05) is 71.9 Å². The number of methoxy groups -OCH3 is 1. The number of amides is 1. The van der Waals surface area contributed by atoms with E-state index in [9.17, 15) is 9.59 Å². The van der Waals surface area contributed by atoms with Crippen molar-refractivity contribution >= 4 is 29.2 Å². The number of para-hydroxylation sites is 1. The predicted molar refractivity (Wildman–Crippen MR) is 122 cm³/mol. The van der Waals surface area contributed by atoms with Gasteiger partial charge in [-0.15, -0.1) is 0 Å². The third-order valence-corrected chi connectivity index (χ3v) is 5.77. The normalized spacial score (nSPS) is 21.2. The molecule has 1 amide bonds. The van der Waals surface area contributed by atoms with Gasteiger partial charge in [-0.25, -0.2) is 0 Å². The molecule has 1 spiro atoms. The van der Waals surface area contributed by atoms with E-state index >= 15 is 0 Å². The maximum Gasteiger partial charge on any atom is 0.277 e. The molecule has 2 aliphatic heterocycles. The lowest BCUT2D eigenvalue weighted by Crippen LogP contribution is -2.46. The van der Waals surface area contributed by atoms with Crippen LogP contribution in [0.15, 0.2) is 90.1 Å². The first-order valence-corrected chi connectivity index (χ1v) is 10.2. The number of carbonyl (C=O) groups is 2. The van der Waals surface area contributed by atoms with Gasteiger partial charge in [-0.2, -0.15) is 0 Å². The summed E-state index contributed by atoms with van der Waals surface area (Å²) >= 11 is 0. The van der Waals surface area contributed by atoms with Crippen molar-refractivity contribution in [2.75, 3.05) is 12.4 Å². The number of ketones is 1. The van der Waals surface area contributed by atoms with Gasteiger partial charge >= 0.3 is 0 Å². The third kappa shape index (κ3) is 3.08. The zero-order valence-electron chi connectivity index (χ0n) is 17.3. The van der Waals surface area contributed by atoms with E-state index in [0.29, 0.717) is 28.3 Å². The highest BCUT2D eigenvalue weighted by Crippen LogP contribution is 2.49. The lowest BCUT2D eigenvalue weighted by molar-refractivity contribution is -0.140. The maximum atomic E-state index is 13.8. The molecule has 0 saturated carbocycles. The number of Topliss-reactive ketones (excluding diaryl/α,β-unsaturated/α-hetero) is 1. The molecule has 32 heavy (non-hydrogen) atoms. The Morgan fingerprint density at radius 1 is 1.03 bits per heavy atom. The Bertz CT molecular complexity index is 1270. The Balaban J connectivity index is 1.62. The summed E-state index contributed by atoms with van der Waals surface area (Å²) in [5.74, 6) is -1.09. The fraction of sp³-hybridized carbons (Fsp3) is 0.115. The molecule has 0 bridgehead atoms. The summed E-state index contributed by atoms with van der Waals surface area (Å²) in [4.78, 5) is 32.9. The zero-order chi connectivity index (χ0) is 22.1. The van der Waals surface area contributed by atoms with Crippen LogP contribution < -0.4 is 10.1 Å². The molecule has 0 radical (unpaired) electrons. The predicted octanol–water partition coefficient (Wildman–Crippen LogP) is 4.44. The molecular weight excluding hydrogens is 404 g/mol. The van der Waals surface area contributed by atoms with Gasteiger partial charge in [0.1, 0.15) is 11.7 Å². The number of benzene rings is 3. The number of allylic oxidation sites excluding steroid dienone is 1. The van der Waals surface area contributed by atoms with E-state index in [-0.39, 0.29) is 5.78 Å². The van der Waals surface area contributed by atoms with Crippen molar-refractivity contribution in [3.05, 3.63) is 102 Å². The number of fused-ring (bicyclic) bond motifs is 2. The highest BCUT2D eigenvalue weighted by atomic mass is 16.7. The fourth-order valence-corrected chi connectivity index (χ4v) is 4.20. The molecule has 0 aromatic heterocycles. The van der Waals surface area contributed by atoms with Crippen LogP contribution in [0.25, 0.3) is 6.08 Å². The van der Waals surface area contributed by atoms with Crippen LogP contribution in [0.2, 0.25) is 0 Å². The molecule has 6 heteroatoms. The first-order valence-electron chi connectivity index (χ1n) is 10.2. The van der Waals surface area contributed by atoms with Gasteiger partial charge in [0.15, 0.2) is 5.78 Å². The van der Waals surface area contributed by atoms with Crippen molar-refractivity contribution < 1.29 is 19.2 Å². The maximum absolute atomic E-state index is 13.8. The van der Waals surface area contributed by atoms with Crippen LogP contribution in [0.3, 0.4) is 0 Å².